The highest BCUT2D eigenvalue weighted by molar-refractivity contribution is 5.97. The van der Waals surface area contributed by atoms with Crippen LogP contribution in [0.1, 0.15) is 66.3 Å². The molecule has 0 bridgehead atoms. The van der Waals surface area contributed by atoms with Gasteiger partial charge in [-0.2, -0.15) is 5.26 Å². The number of carbonyl (C=O) groups is 2. The minimum absolute atomic E-state index is 0.0483. The summed E-state index contributed by atoms with van der Waals surface area (Å²) in [4.78, 5) is 32.1. The summed E-state index contributed by atoms with van der Waals surface area (Å²) in [7, 11) is 2.00. The van der Waals surface area contributed by atoms with Crippen LogP contribution in [0.2, 0.25) is 0 Å². The number of aryl methyl sites for hydroxylation is 3. The van der Waals surface area contributed by atoms with Gasteiger partial charge in [0.15, 0.2) is 0 Å². The van der Waals surface area contributed by atoms with Crippen molar-refractivity contribution in [3.63, 3.8) is 0 Å². The van der Waals surface area contributed by atoms with Gasteiger partial charge in [0.05, 0.1) is 35.7 Å². The minimum Gasteiger partial charge on any atom is -0.466 e. The van der Waals surface area contributed by atoms with E-state index in [1.54, 1.807) is 6.92 Å². The Bertz CT molecular complexity index is 1230. The number of hydrogen-bond acceptors (Lipinski definition) is 5. The molecular weight excluding hydrogens is 440 g/mol. The summed E-state index contributed by atoms with van der Waals surface area (Å²) < 4.78 is 7.15. The number of benzene rings is 2. The van der Waals surface area contributed by atoms with Crippen LogP contribution in [0.25, 0.3) is 11.0 Å². The van der Waals surface area contributed by atoms with Gasteiger partial charge in [-0.05, 0) is 62.1 Å². The SMILES string of the molecule is CCOC(=O)CCN(C(=O)c1ccc2c(c1)nc(CCc1ccc(C#N)cc1)n2C)C1CCCC1. The molecule has 1 aliphatic rings. The van der Waals surface area contributed by atoms with E-state index < -0.39 is 0 Å². The van der Waals surface area contributed by atoms with E-state index in [0.29, 0.717) is 24.3 Å². The van der Waals surface area contributed by atoms with Crippen LogP contribution in [-0.4, -0.2) is 45.5 Å². The number of aromatic nitrogens is 2. The molecule has 35 heavy (non-hydrogen) atoms. The van der Waals surface area contributed by atoms with Gasteiger partial charge in [0.2, 0.25) is 0 Å². The average Bonchev–Trinajstić information content (AvgIpc) is 3.51. The van der Waals surface area contributed by atoms with Gasteiger partial charge in [0.1, 0.15) is 5.82 Å². The molecule has 7 heteroatoms. The monoisotopic (exact) mass is 472 g/mol. The standard InChI is InChI=1S/C28H32N4O3/c1-3-35-27(33)16-17-32(23-6-4-5-7-23)28(34)22-13-14-25-24(18-22)30-26(31(25)2)15-12-20-8-10-21(19-29)11-9-20/h8-11,13-14,18,23H,3-7,12,15-17H2,1-2H3. The molecule has 0 spiro atoms. The van der Waals surface area contributed by atoms with E-state index in [1.807, 2.05) is 54.4 Å². The number of nitriles is 1. The van der Waals surface area contributed by atoms with E-state index in [1.165, 1.54) is 0 Å². The Labute approximate surface area is 206 Å². The zero-order chi connectivity index (χ0) is 24.8. The topological polar surface area (TPSA) is 88.2 Å². The molecule has 1 heterocycles. The van der Waals surface area contributed by atoms with E-state index in [4.69, 9.17) is 15.0 Å². The van der Waals surface area contributed by atoms with Gasteiger partial charge < -0.3 is 14.2 Å². The fraction of sp³-hybridized carbons (Fsp3) is 0.429. The quantitative estimate of drug-likeness (QED) is 0.426. The molecule has 3 aromatic rings. The van der Waals surface area contributed by atoms with E-state index in [0.717, 1.165) is 60.9 Å². The molecule has 1 amide bonds. The van der Waals surface area contributed by atoms with Crippen LogP contribution in [0, 0.1) is 11.3 Å². The number of hydrogen-bond donors (Lipinski definition) is 0. The van der Waals surface area contributed by atoms with Crippen molar-refractivity contribution in [1.29, 1.82) is 5.26 Å². The first-order valence-corrected chi connectivity index (χ1v) is 12.4. The molecule has 0 N–H and O–H groups in total. The van der Waals surface area contributed by atoms with Crippen molar-refractivity contribution in [1.82, 2.24) is 14.5 Å². The summed E-state index contributed by atoms with van der Waals surface area (Å²) in [5.74, 6) is 0.632. The lowest BCUT2D eigenvalue weighted by Crippen LogP contribution is -2.40. The van der Waals surface area contributed by atoms with Crippen LogP contribution in [0.4, 0.5) is 0 Å². The third-order valence-corrected chi connectivity index (χ3v) is 6.83. The fourth-order valence-corrected chi connectivity index (χ4v) is 4.89. The van der Waals surface area contributed by atoms with Gasteiger partial charge in [-0.3, -0.25) is 9.59 Å². The van der Waals surface area contributed by atoms with E-state index >= 15 is 0 Å². The van der Waals surface area contributed by atoms with Gasteiger partial charge in [0, 0.05) is 31.6 Å². The number of imidazole rings is 1. The first-order chi connectivity index (χ1) is 17.0. The number of nitrogens with zero attached hydrogens (tertiary/aromatic N) is 4. The second-order valence-electron chi connectivity index (χ2n) is 9.09. The molecule has 1 saturated carbocycles. The van der Waals surface area contributed by atoms with Crippen LogP contribution in [0.15, 0.2) is 42.5 Å². The number of esters is 1. The predicted molar refractivity (Wildman–Crippen MR) is 134 cm³/mol. The number of rotatable bonds is 9. The molecule has 182 valence electrons. The number of carbonyl (C=O) groups excluding carboxylic acids is 2. The average molecular weight is 473 g/mol. The van der Waals surface area contributed by atoms with Crippen molar-refractivity contribution in [3.05, 3.63) is 65.0 Å². The highest BCUT2D eigenvalue weighted by Crippen LogP contribution is 2.26. The van der Waals surface area contributed by atoms with Crippen LogP contribution in [0.5, 0.6) is 0 Å². The maximum Gasteiger partial charge on any atom is 0.307 e. The highest BCUT2D eigenvalue weighted by Gasteiger charge is 2.28. The Morgan fingerprint density at radius 3 is 2.57 bits per heavy atom. The largest absolute Gasteiger partial charge is 0.466 e. The van der Waals surface area contributed by atoms with Crippen LogP contribution < -0.4 is 0 Å². The number of fused-ring (bicyclic) bond motifs is 1. The molecular formula is C28H32N4O3. The van der Waals surface area contributed by atoms with Crippen molar-refractivity contribution in [3.8, 4) is 6.07 Å². The summed E-state index contributed by atoms with van der Waals surface area (Å²) in [6.45, 7) is 2.51. The highest BCUT2D eigenvalue weighted by atomic mass is 16.5. The third-order valence-electron chi connectivity index (χ3n) is 6.83. The Morgan fingerprint density at radius 1 is 1.14 bits per heavy atom. The molecule has 0 aliphatic heterocycles. The van der Waals surface area contributed by atoms with Gasteiger partial charge in [-0.25, -0.2) is 4.98 Å². The van der Waals surface area contributed by atoms with Gasteiger partial charge in [0.25, 0.3) is 5.91 Å². The second kappa shape index (κ2) is 11.2. The molecule has 0 saturated heterocycles. The fourth-order valence-electron chi connectivity index (χ4n) is 4.89. The van der Waals surface area contributed by atoms with E-state index in [9.17, 15) is 9.59 Å². The maximum atomic E-state index is 13.5. The van der Waals surface area contributed by atoms with Gasteiger partial charge in [-0.15, -0.1) is 0 Å². The number of amides is 1. The van der Waals surface area contributed by atoms with Crippen molar-refractivity contribution < 1.29 is 14.3 Å². The van der Waals surface area contributed by atoms with Crippen LogP contribution in [0.3, 0.4) is 0 Å². The maximum absolute atomic E-state index is 13.5. The molecule has 0 radical (unpaired) electrons. The number of ether oxygens (including phenoxy) is 1. The predicted octanol–water partition coefficient (Wildman–Crippen LogP) is 4.57. The van der Waals surface area contributed by atoms with Gasteiger partial charge in [-0.1, -0.05) is 25.0 Å². The molecule has 4 rings (SSSR count). The first-order valence-electron chi connectivity index (χ1n) is 12.4. The third kappa shape index (κ3) is 5.71. The summed E-state index contributed by atoms with van der Waals surface area (Å²) >= 11 is 0. The van der Waals surface area contributed by atoms with Crippen molar-refractivity contribution in [2.75, 3.05) is 13.2 Å². The van der Waals surface area contributed by atoms with Gasteiger partial charge >= 0.3 is 5.97 Å². The summed E-state index contributed by atoms with van der Waals surface area (Å²) in [6.07, 6.45) is 5.94. The summed E-state index contributed by atoms with van der Waals surface area (Å²) in [5, 5.41) is 8.98. The van der Waals surface area contributed by atoms with Crippen LogP contribution >= 0.6 is 0 Å². The lowest BCUT2D eigenvalue weighted by molar-refractivity contribution is -0.143. The Hall–Kier alpha value is -3.66. The van der Waals surface area contributed by atoms with Crippen molar-refractivity contribution >= 4 is 22.9 Å². The first kappa shape index (κ1) is 24.5. The molecule has 1 aliphatic carbocycles. The van der Waals surface area contributed by atoms with E-state index in [-0.39, 0.29) is 24.3 Å². The summed E-state index contributed by atoms with van der Waals surface area (Å²) in [5.41, 5.74) is 4.19. The molecule has 7 nitrogen and oxygen atoms in total. The smallest absolute Gasteiger partial charge is 0.307 e. The Morgan fingerprint density at radius 2 is 1.89 bits per heavy atom. The normalized spacial score (nSPS) is 13.6. The molecule has 0 unspecified atom stereocenters. The minimum atomic E-state index is -0.268. The zero-order valence-electron chi connectivity index (χ0n) is 20.5. The Kier molecular flexibility index (Phi) is 7.81. The molecule has 1 aromatic heterocycles. The van der Waals surface area contributed by atoms with Crippen molar-refractivity contribution in [2.45, 2.75) is 57.9 Å². The molecule has 2 aromatic carbocycles. The lowest BCUT2D eigenvalue weighted by atomic mass is 10.1. The Balaban J connectivity index is 1.51. The molecule has 0 atom stereocenters. The lowest BCUT2D eigenvalue weighted by Gasteiger charge is -2.29. The zero-order valence-corrected chi connectivity index (χ0v) is 20.5. The molecule has 1 fully saturated rings. The summed E-state index contributed by atoms with van der Waals surface area (Å²) in [6, 6.07) is 15.6. The van der Waals surface area contributed by atoms with Crippen molar-refractivity contribution in [2.24, 2.45) is 7.05 Å². The second-order valence-corrected chi connectivity index (χ2v) is 9.09. The van der Waals surface area contributed by atoms with Crippen LogP contribution in [-0.2, 0) is 29.4 Å². The van der Waals surface area contributed by atoms with E-state index in [2.05, 4.69) is 10.6 Å².